The number of methoxy groups -OCH3 is 2. The second kappa shape index (κ2) is 9.84. The molecule has 3 N–H and O–H groups in total. The van der Waals surface area contributed by atoms with Crippen molar-refractivity contribution < 1.29 is 17.9 Å². The topological polar surface area (TPSA) is 114 Å². The number of benzene rings is 2. The van der Waals surface area contributed by atoms with Gasteiger partial charge in [0.25, 0.3) is 0 Å². The van der Waals surface area contributed by atoms with Crippen molar-refractivity contribution in [2.45, 2.75) is 5.25 Å². The molecule has 0 saturated carbocycles. The van der Waals surface area contributed by atoms with Gasteiger partial charge in [-0.05, 0) is 24.3 Å². The van der Waals surface area contributed by atoms with E-state index in [0.717, 1.165) is 0 Å². The van der Waals surface area contributed by atoms with Gasteiger partial charge in [0.2, 0.25) is 10.0 Å². The number of aromatic nitrogens is 2. The highest BCUT2D eigenvalue weighted by atomic mass is 32.2. The van der Waals surface area contributed by atoms with Crippen molar-refractivity contribution in [3.05, 3.63) is 78.5 Å². The first-order valence-electron chi connectivity index (χ1n) is 10.4. The average molecular weight is 480 g/mol. The summed E-state index contributed by atoms with van der Waals surface area (Å²) in [5.41, 5.74) is 2.45. The molecule has 2 aromatic carbocycles. The van der Waals surface area contributed by atoms with Gasteiger partial charge < -0.3 is 20.1 Å². The zero-order chi connectivity index (χ0) is 24.1. The maximum atomic E-state index is 13.3. The van der Waals surface area contributed by atoms with Crippen LogP contribution in [-0.2, 0) is 10.0 Å². The summed E-state index contributed by atoms with van der Waals surface area (Å²) in [4.78, 5) is 9.17. The Morgan fingerprint density at radius 3 is 2.18 bits per heavy atom. The summed E-state index contributed by atoms with van der Waals surface area (Å²) >= 11 is 0. The molecule has 1 aromatic heterocycles. The number of fused-ring (bicyclic) bond motifs is 1. The molecule has 0 saturated heterocycles. The van der Waals surface area contributed by atoms with Crippen LogP contribution < -0.4 is 24.8 Å². The average Bonchev–Trinajstić information content (AvgIpc) is 3.10. The molecule has 4 rings (SSSR count). The Bertz CT molecular complexity index is 1380. The van der Waals surface area contributed by atoms with Crippen molar-refractivity contribution in [1.82, 2.24) is 15.3 Å². The number of nitrogens with one attached hydrogen (secondary N) is 3. The van der Waals surface area contributed by atoms with E-state index in [9.17, 15) is 8.42 Å². The molecular formula is C24H25N5O4S. The quantitative estimate of drug-likeness (QED) is 0.448. The highest BCUT2D eigenvalue weighted by Gasteiger charge is 2.25. The molecule has 34 heavy (non-hydrogen) atoms. The third kappa shape index (κ3) is 5.12. The smallest absolute Gasteiger partial charge is 0.244 e. The molecule has 9 nitrogen and oxygen atoms in total. The number of sulfonamides is 1. The molecule has 1 atom stereocenters. The molecule has 3 aromatic rings. The van der Waals surface area contributed by atoms with Gasteiger partial charge >= 0.3 is 0 Å². The lowest BCUT2D eigenvalue weighted by Gasteiger charge is -2.17. The normalized spacial score (nSPS) is 15.4. The van der Waals surface area contributed by atoms with Crippen molar-refractivity contribution >= 4 is 38.4 Å². The summed E-state index contributed by atoms with van der Waals surface area (Å²) < 4.78 is 39.9. The zero-order valence-corrected chi connectivity index (χ0v) is 19.8. The molecule has 0 bridgehead atoms. The van der Waals surface area contributed by atoms with Gasteiger partial charge in [0.05, 0.1) is 25.3 Å². The fraction of sp³-hybridized carbons (Fsp3) is 0.167. The van der Waals surface area contributed by atoms with Crippen LogP contribution in [0.2, 0.25) is 0 Å². The Kier molecular flexibility index (Phi) is 6.69. The number of hydrogen-bond donors (Lipinski definition) is 3. The molecule has 176 valence electrons. The third-order valence-electron chi connectivity index (χ3n) is 5.10. The minimum atomic E-state index is -3.90. The van der Waals surface area contributed by atoms with E-state index in [1.54, 1.807) is 82.0 Å². The molecule has 0 radical (unpaired) electrons. The number of para-hydroxylation sites is 2. The molecule has 0 fully saturated rings. The van der Waals surface area contributed by atoms with Crippen molar-refractivity contribution in [1.29, 1.82) is 0 Å². The van der Waals surface area contributed by atoms with Crippen molar-refractivity contribution in [3.8, 4) is 11.5 Å². The summed E-state index contributed by atoms with van der Waals surface area (Å²) in [6, 6.07) is 12.5. The van der Waals surface area contributed by atoms with E-state index in [0.29, 0.717) is 33.9 Å². The fourth-order valence-electron chi connectivity index (χ4n) is 3.36. The molecule has 1 aliphatic rings. The van der Waals surface area contributed by atoms with Gasteiger partial charge in [-0.1, -0.05) is 30.4 Å². The van der Waals surface area contributed by atoms with Crippen LogP contribution in [0.15, 0.2) is 78.5 Å². The first-order valence-corrected chi connectivity index (χ1v) is 12.0. The molecule has 0 amide bonds. The lowest BCUT2D eigenvalue weighted by Crippen LogP contribution is -2.26. The molecular weight excluding hydrogens is 454 g/mol. The van der Waals surface area contributed by atoms with E-state index >= 15 is 0 Å². The van der Waals surface area contributed by atoms with Gasteiger partial charge in [0.15, 0.2) is 11.6 Å². The van der Waals surface area contributed by atoms with E-state index in [-0.39, 0.29) is 11.6 Å². The number of hydrogen-bond acceptors (Lipinski definition) is 8. The van der Waals surface area contributed by atoms with Crippen LogP contribution in [-0.4, -0.2) is 44.9 Å². The minimum Gasteiger partial charge on any atom is -0.497 e. The molecule has 10 heteroatoms. The number of nitrogens with zero attached hydrogens (tertiary/aromatic N) is 2. The second-order valence-electron chi connectivity index (χ2n) is 7.36. The Balaban J connectivity index is 1.76. The van der Waals surface area contributed by atoms with Crippen LogP contribution >= 0.6 is 0 Å². The Morgan fingerprint density at radius 1 is 0.912 bits per heavy atom. The minimum absolute atomic E-state index is 0.0745. The van der Waals surface area contributed by atoms with E-state index in [4.69, 9.17) is 9.47 Å². The third-order valence-corrected chi connectivity index (χ3v) is 6.59. The molecule has 1 aliphatic carbocycles. The Labute approximate surface area is 198 Å². The molecule has 1 heterocycles. The van der Waals surface area contributed by atoms with Gasteiger partial charge in [0, 0.05) is 36.6 Å². The van der Waals surface area contributed by atoms with Crippen molar-refractivity contribution in [2.24, 2.45) is 0 Å². The van der Waals surface area contributed by atoms with Gasteiger partial charge in [-0.25, -0.2) is 18.4 Å². The van der Waals surface area contributed by atoms with Crippen LogP contribution in [0.5, 0.6) is 11.5 Å². The van der Waals surface area contributed by atoms with Crippen LogP contribution in [0, 0.1) is 0 Å². The van der Waals surface area contributed by atoms with Gasteiger partial charge in [-0.3, -0.25) is 4.72 Å². The molecule has 0 aliphatic heterocycles. The summed E-state index contributed by atoms with van der Waals surface area (Å²) in [5.74, 6) is 1.45. The maximum Gasteiger partial charge on any atom is 0.244 e. The number of ether oxygens (including phenoxy) is 2. The second-order valence-corrected chi connectivity index (χ2v) is 9.20. The van der Waals surface area contributed by atoms with Crippen LogP contribution in [0.4, 0.5) is 17.3 Å². The number of likely N-dealkylation sites (N-methyl/N-ethyl adjacent to an activating group) is 1. The van der Waals surface area contributed by atoms with Crippen LogP contribution in [0.25, 0.3) is 11.0 Å². The highest BCUT2D eigenvalue weighted by molar-refractivity contribution is 7.93. The van der Waals surface area contributed by atoms with E-state index in [1.165, 1.54) is 0 Å². The highest BCUT2D eigenvalue weighted by Crippen LogP contribution is 2.31. The summed E-state index contributed by atoms with van der Waals surface area (Å²) in [5, 5.41) is 5.22. The largest absolute Gasteiger partial charge is 0.497 e. The molecule has 1 unspecified atom stereocenters. The fourth-order valence-corrected chi connectivity index (χ4v) is 4.53. The van der Waals surface area contributed by atoms with Gasteiger partial charge in [-0.15, -0.1) is 0 Å². The summed E-state index contributed by atoms with van der Waals surface area (Å²) in [6.07, 6.45) is 8.48. The Hall–Kier alpha value is -4.05. The first kappa shape index (κ1) is 23.1. The number of anilines is 3. The standard InChI is InChI=1S/C24H25N5O4S/c1-25-16-8-4-5-9-20(14-16)34(30,31)29-24-23(27-21-10-6-7-11-22(21)28-24)26-17-12-18(32-2)15-19(13-17)33-3/h4-15,20,25H,1-3H3,(H,26,27)(H,28,29). The lowest BCUT2D eigenvalue weighted by molar-refractivity contribution is 0.395. The zero-order valence-electron chi connectivity index (χ0n) is 18.9. The predicted molar refractivity (Wildman–Crippen MR) is 134 cm³/mol. The monoisotopic (exact) mass is 479 g/mol. The van der Waals surface area contributed by atoms with Crippen LogP contribution in [0.1, 0.15) is 0 Å². The van der Waals surface area contributed by atoms with Gasteiger partial charge in [0.1, 0.15) is 16.7 Å². The van der Waals surface area contributed by atoms with E-state index in [1.807, 2.05) is 12.1 Å². The van der Waals surface area contributed by atoms with Gasteiger partial charge in [-0.2, -0.15) is 0 Å². The first-order chi connectivity index (χ1) is 16.4. The predicted octanol–water partition coefficient (Wildman–Crippen LogP) is 3.73. The molecule has 0 spiro atoms. The number of rotatable bonds is 8. The summed E-state index contributed by atoms with van der Waals surface area (Å²) in [7, 11) is 0.940. The lowest BCUT2D eigenvalue weighted by atomic mass is 10.2. The van der Waals surface area contributed by atoms with E-state index < -0.39 is 15.3 Å². The summed E-state index contributed by atoms with van der Waals surface area (Å²) in [6.45, 7) is 0. The Morgan fingerprint density at radius 2 is 1.56 bits per heavy atom. The van der Waals surface area contributed by atoms with E-state index in [2.05, 4.69) is 25.3 Å². The maximum absolute atomic E-state index is 13.3. The van der Waals surface area contributed by atoms with Crippen molar-refractivity contribution in [2.75, 3.05) is 31.3 Å². The van der Waals surface area contributed by atoms with Crippen molar-refractivity contribution in [3.63, 3.8) is 0 Å². The number of allylic oxidation sites excluding steroid dienone is 3. The van der Waals surface area contributed by atoms with Crippen LogP contribution in [0.3, 0.4) is 0 Å². The SMILES string of the molecule is CNC1=CC(S(=O)(=O)Nc2nc3ccccc3nc2Nc2cc(OC)cc(OC)c2)C=CC=C1.